The largest absolute Gasteiger partial charge is 0.481 e. The molecule has 0 amide bonds. The smallest absolute Gasteiger partial charge is 0.421 e. The van der Waals surface area contributed by atoms with Crippen molar-refractivity contribution in [2.45, 2.75) is 19.1 Å². The molecule has 0 bridgehead atoms. The van der Waals surface area contributed by atoms with Crippen molar-refractivity contribution in [1.82, 2.24) is 15.0 Å². The van der Waals surface area contributed by atoms with E-state index in [1.54, 1.807) is 4.90 Å². The number of hydrogen-bond donors (Lipinski definition) is 1. The number of hydrogen-bond acceptors (Lipinski definition) is 5. The molecule has 23 heavy (non-hydrogen) atoms. The van der Waals surface area contributed by atoms with Crippen molar-refractivity contribution in [3.05, 3.63) is 45.8 Å². The van der Waals surface area contributed by atoms with E-state index in [9.17, 15) is 18.0 Å². The van der Waals surface area contributed by atoms with Crippen LogP contribution in [0.25, 0.3) is 0 Å². The third-order valence-electron chi connectivity index (χ3n) is 3.71. The molecule has 0 radical (unpaired) electrons. The minimum absolute atomic E-state index is 0.184. The first kappa shape index (κ1) is 15.3. The molecule has 0 atom stereocenters. The van der Waals surface area contributed by atoms with Crippen LogP contribution in [0.5, 0.6) is 5.88 Å². The van der Waals surface area contributed by atoms with Crippen molar-refractivity contribution in [2.75, 3.05) is 18.6 Å². The Balaban J connectivity index is 1.98. The number of nitrogens with zero attached hydrogens (tertiary/aromatic N) is 3. The van der Waals surface area contributed by atoms with Gasteiger partial charge in [0.1, 0.15) is 5.56 Å². The maximum atomic E-state index is 13.1. The number of methoxy groups -OCH3 is 1. The molecule has 0 aliphatic carbocycles. The number of anilines is 1. The molecule has 0 saturated heterocycles. The molecule has 1 N–H and O–H groups in total. The number of H-pyrrole nitrogens is 1. The van der Waals surface area contributed by atoms with Gasteiger partial charge in [0.05, 0.1) is 43.1 Å². The lowest BCUT2D eigenvalue weighted by Crippen LogP contribution is -2.35. The van der Waals surface area contributed by atoms with Gasteiger partial charge in [-0.15, -0.1) is 0 Å². The van der Waals surface area contributed by atoms with E-state index in [0.29, 0.717) is 24.2 Å². The number of fused-ring (bicyclic) bond motifs is 1. The Kier molecular flexibility index (Phi) is 3.70. The summed E-state index contributed by atoms with van der Waals surface area (Å²) in [4.78, 5) is 23.8. The molecule has 0 saturated carbocycles. The number of pyridine rings is 1. The Hall–Kier alpha value is -2.58. The highest BCUT2D eigenvalue weighted by atomic mass is 19.4. The van der Waals surface area contributed by atoms with Crippen molar-refractivity contribution in [3.8, 4) is 5.88 Å². The van der Waals surface area contributed by atoms with E-state index < -0.39 is 17.6 Å². The number of nitrogens with one attached hydrogen (secondary N) is 1. The summed E-state index contributed by atoms with van der Waals surface area (Å²) in [5.74, 6) is -0.474. The van der Waals surface area contributed by atoms with Crippen LogP contribution in [0.3, 0.4) is 0 Å². The average Bonchev–Trinajstić information content (AvgIpc) is 2.53. The summed E-state index contributed by atoms with van der Waals surface area (Å²) in [7, 11) is 1.14. The molecule has 3 heterocycles. The molecular formula is C14H13F3N4O2. The fraction of sp³-hybridized carbons (Fsp3) is 0.357. The lowest BCUT2D eigenvalue weighted by Gasteiger charge is -2.29. The van der Waals surface area contributed by atoms with Gasteiger partial charge in [-0.3, -0.25) is 4.79 Å². The first-order valence-electron chi connectivity index (χ1n) is 6.81. The van der Waals surface area contributed by atoms with Crippen LogP contribution in [0.4, 0.5) is 18.9 Å². The second-order valence-corrected chi connectivity index (χ2v) is 5.08. The van der Waals surface area contributed by atoms with E-state index in [1.807, 2.05) is 0 Å². The van der Waals surface area contributed by atoms with Crippen LogP contribution in [0, 0.1) is 0 Å². The third kappa shape index (κ3) is 2.86. The van der Waals surface area contributed by atoms with Gasteiger partial charge in [0, 0.05) is 13.0 Å². The summed E-state index contributed by atoms with van der Waals surface area (Å²) in [5, 5.41) is 0. The molecule has 2 aromatic heterocycles. The van der Waals surface area contributed by atoms with Crippen LogP contribution in [-0.2, 0) is 19.1 Å². The topological polar surface area (TPSA) is 71.1 Å². The van der Waals surface area contributed by atoms with Gasteiger partial charge in [0.15, 0.2) is 0 Å². The Bertz CT molecular complexity index is 788. The average molecular weight is 326 g/mol. The highest BCUT2D eigenvalue weighted by Crippen LogP contribution is 2.37. The first-order valence-corrected chi connectivity index (χ1v) is 6.81. The van der Waals surface area contributed by atoms with E-state index in [1.165, 1.54) is 12.5 Å². The van der Waals surface area contributed by atoms with Crippen LogP contribution in [-0.4, -0.2) is 28.6 Å². The number of halogens is 3. The monoisotopic (exact) mass is 326 g/mol. The van der Waals surface area contributed by atoms with Crippen LogP contribution in [0.15, 0.2) is 23.4 Å². The standard InChI is InChI=1S/C14H13F3N4O2/c1-23-13-10(14(15,16)17)4-8(5-18-13)21-3-2-11-9(6-21)12(22)20-7-19-11/h4-5,7H,2-3,6H2,1H3,(H,19,20,22). The summed E-state index contributed by atoms with van der Waals surface area (Å²) >= 11 is 0. The van der Waals surface area contributed by atoms with Crippen molar-refractivity contribution < 1.29 is 17.9 Å². The molecule has 0 spiro atoms. The zero-order valence-corrected chi connectivity index (χ0v) is 12.1. The fourth-order valence-corrected chi connectivity index (χ4v) is 2.55. The zero-order valence-electron chi connectivity index (χ0n) is 12.1. The number of rotatable bonds is 2. The second-order valence-electron chi connectivity index (χ2n) is 5.08. The lowest BCUT2D eigenvalue weighted by molar-refractivity contribution is -0.139. The molecule has 1 aliphatic heterocycles. The maximum Gasteiger partial charge on any atom is 0.421 e. The lowest BCUT2D eigenvalue weighted by atomic mass is 10.1. The predicted molar refractivity (Wildman–Crippen MR) is 75.4 cm³/mol. The highest BCUT2D eigenvalue weighted by molar-refractivity contribution is 5.51. The van der Waals surface area contributed by atoms with Crippen molar-refractivity contribution >= 4 is 5.69 Å². The quantitative estimate of drug-likeness (QED) is 0.910. The van der Waals surface area contributed by atoms with Crippen molar-refractivity contribution in [1.29, 1.82) is 0 Å². The molecule has 0 fully saturated rings. The second kappa shape index (κ2) is 5.56. The van der Waals surface area contributed by atoms with Crippen molar-refractivity contribution in [2.24, 2.45) is 0 Å². The number of aromatic amines is 1. The van der Waals surface area contributed by atoms with Crippen LogP contribution in [0.1, 0.15) is 16.8 Å². The Morgan fingerprint density at radius 1 is 1.35 bits per heavy atom. The Morgan fingerprint density at radius 3 is 2.83 bits per heavy atom. The van der Waals surface area contributed by atoms with Gasteiger partial charge in [0.25, 0.3) is 5.56 Å². The normalized spacial score (nSPS) is 14.5. The van der Waals surface area contributed by atoms with E-state index in [-0.39, 0.29) is 17.8 Å². The van der Waals surface area contributed by atoms with Crippen molar-refractivity contribution in [3.63, 3.8) is 0 Å². The summed E-state index contributed by atoms with van der Waals surface area (Å²) in [6.07, 6.45) is -1.45. The van der Waals surface area contributed by atoms with Gasteiger partial charge in [-0.1, -0.05) is 0 Å². The summed E-state index contributed by atoms with van der Waals surface area (Å²) < 4.78 is 43.9. The molecule has 0 unspecified atom stereocenters. The molecule has 122 valence electrons. The Labute approximate surface area is 128 Å². The highest BCUT2D eigenvalue weighted by Gasteiger charge is 2.36. The van der Waals surface area contributed by atoms with E-state index >= 15 is 0 Å². The van der Waals surface area contributed by atoms with Gasteiger partial charge in [-0.05, 0) is 6.07 Å². The number of alkyl halides is 3. The SMILES string of the molecule is COc1ncc(N2CCc3nc[nH]c(=O)c3C2)cc1C(F)(F)F. The molecule has 6 nitrogen and oxygen atoms in total. The van der Waals surface area contributed by atoms with Gasteiger partial charge in [-0.2, -0.15) is 13.2 Å². The Morgan fingerprint density at radius 2 is 2.13 bits per heavy atom. The van der Waals surface area contributed by atoms with Gasteiger partial charge < -0.3 is 14.6 Å². The van der Waals surface area contributed by atoms with Crippen LogP contribution < -0.4 is 15.2 Å². The molecule has 2 aromatic rings. The molecule has 3 rings (SSSR count). The van der Waals surface area contributed by atoms with E-state index in [2.05, 4.69) is 19.7 Å². The van der Waals surface area contributed by atoms with Gasteiger partial charge in [-0.25, -0.2) is 9.97 Å². The first-order chi connectivity index (χ1) is 10.9. The number of ether oxygens (including phenoxy) is 1. The van der Waals surface area contributed by atoms with Gasteiger partial charge >= 0.3 is 6.18 Å². The molecule has 9 heteroatoms. The molecule has 1 aliphatic rings. The van der Waals surface area contributed by atoms with Crippen LogP contribution >= 0.6 is 0 Å². The van der Waals surface area contributed by atoms with Crippen LogP contribution in [0.2, 0.25) is 0 Å². The van der Waals surface area contributed by atoms with E-state index in [4.69, 9.17) is 0 Å². The summed E-state index contributed by atoms with van der Waals surface area (Å²) in [6.45, 7) is 0.637. The summed E-state index contributed by atoms with van der Waals surface area (Å²) in [6, 6.07) is 0.987. The minimum atomic E-state index is -4.57. The molecular weight excluding hydrogens is 313 g/mol. The predicted octanol–water partition coefficient (Wildman–Crippen LogP) is 1.75. The molecule has 0 aromatic carbocycles. The maximum absolute atomic E-state index is 13.1. The summed E-state index contributed by atoms with van der Waals surface area (Å²) in [5.41, 5.74) is 0.193. The van der Waals surface area contributed by atoms with Gasteiger partial charge in [0.2, 0.25) is 5.88 Å². The van der Waals surface area contributed by atoms with E-state index in [0.717, 1.165) is 13.2 Å². The third-order valence-corrected chi connectivity index (χ3v) is 3.71. The number of aromatic nitrogens is 3. The minimum Gasteiger partial charge on any atom is -0.481 e. The zero-order chi connectivity index (χ0) is 16.6. The fourth-order valence-electron chi connectivity index (χ4n) is 2.55.